The summed E-state index contributed by atoms with van der Waals surface area (Å²) in [6.45, 7) is 5.52. The molecule has 24 heavy (non-hydrogen) atoms. The van der Waals surface area contributed by atoms with Crippen molar-refractivity contribution in [2.45, 2.75) is 37.2 Å². The number of aromatic nitrogens is 3. The summed E-state index contributed by atoms with van der Waals surface area (Å²) >= 11 is 1.18. The number of aliphatic carboxylic acids is 1. The molecule has 0 aliphatic carbocycles. The fraction of sp³-hybridized carbons (Fsp3) is 0.438. The predicted octanol–water partition coefficient (Wildman–Crippen LogP) is 2.69. The van der Waals surface area contributed by atoms with E-state index in [0.29, 0.717) is 36.5 Å². The molecular formula is C16H19N3O4S. The number of carbonyl (C=O) groups is 1. The Balaban J connectivity index is 1.93. The van der Waals surface area contributed by atoms with Crippen LogP contribution in [0.2, 0.25) is 0 Å². The Morgan fingerprint density at radius 2 is 2.08 bits per heavy atom. The van der Waals surface area contributed by atoms with Gasteiger partial charge in [-0.15, -0.1) is 10.2 Å². The second-order valence-corrected chi connectivity index (χ2v) is 6.67. The van der Waals surface area contributed by atoms with E-state index >= 15 is 0 Å². The Labute approximate surface area is 144 Å². The lowest BCUT2D eigenvalue weighted by Crippen LogP contribution is -2.13. The number of hydrogen-bond donors (Lipinski definition) is 1. The van der Waals surface area contributed by atoms with Crippen molar-refractivity contribution in [2.75, 3.05) is 13.2 Å². The number of fused-ring (bicyclic) bond motifs is 1. The number of ether oxygens (including phenoxy) is 2. The molecule has 0 radical (unpaired) electrons. The van der Waals surface area contributed by atoms with E-state index in [1.54, 1.807) is 6.92 Å². The molecule has 0 amide bonds. The van der Waals surface area contributed by atoms with Crippen LogP contribution in [-0.2, 0) is 11.3 Å². The van der Waals surface area contributed by atoms with Crippen molar-refractivity contribution in [1.29, 1.82) is 0 Å². The second-order valence-electron chi connectivity index (χ2n) is 5.36. The highest BCUT2D eigenvalue weighted by atomic mass is 32.2. The smallest absolute Gasteiger partial charge is 0.316 e. The Kier molecular flexibility index (Phi) is 4.94. The van der Waals surface area contributed by atoms with E-state index in [-0.39, 0.29) is 0 Å². The van der Waals surface area contributed by atoms with E-state index in [1.807, 2.05) is 29.7 Å². The molecule has 1 aromatic carbocycles. The Morgan fingerprint density at radius 1 is 1.33 bits per heavy atom. The van der Waals surface area contributed by atoms with Crippen LogP contribution in [0.15, 0.2) is 23.4 Å². The van der Waals surface area contributed by atoms with Crippen LogP contribution < -0.4 is 9.47 Å². The summed E-state index contributed by atoms with van der Waals surface area (Å²) < 4.78 is 13.3. The van der Waals surface area contributed by atoms with Gasteiger partial charge in [-0.2, -0.15) is 0 Å². The highest BCUT2D eigenvalue weighted by molar-refractivity contribution is 8.00. The molecule has 7 nitrogen and oxygen atoms in total. The SMILES string of the molecule is CCn1c(SC(C)C(=O)O)nnc1-c1ccc2c(c1)OCCCO2. The highest BCUT2D eigenvalue weighted by Crippen LogP contribution is 2.35. The van der Waals surface area contributed by atoms with Crippen molar-refractivity contribution in [1.82, 2.24) is 14.8 Å². The van der Waals surface area contributed by atoms with Gasteiger partial charge in [0.1, 0.15) is 5.25 Å². The fourth-order valence-corrected chi connectivity index (χ4v) is 3.23. The maximum atomic E-state index is 11.1. The molecule has 1 aliphatic heterocycles. The molecule has 0 spiro atoms. The van der Waals surface area contributed by atoms with Crippen LogP contribution >= 0.6 is 11.8 Å². The van der Waals surface area contributed by atoms with Gasteiger partial charge in [0.2, 0.25) is 0 Å². The average molecular weight is 349 g/mol. The topological polar surface area (TPSA) is 86.5 Å². The van der Waals surface area contributed by atoms with Crippen LogP contribution in [0.25, 0.3) is 11.4 Å². The summed E-state index contributed by atoms with van der Waals surface area (Å²) in [7, 11) is 0. The fourth-order valence-electron chi connectivity index (χ4n) is 2.39. The van der Waals surface area contributed by atoms with Gasteiger partial charge in [0.15, 0.2) is 22.5 Å². The average Bonchev–Trinajstić information content (AvgIpc) is 2.82. The summed E-state index contributed by atoms with van der Waals surface area (Å²) in [6.07, 6.45) is 0.850. The molecule has 1 N–H and O–H groups in total. The third kappa shape index (κ3) is 3.33. The lowest BCUT2D eigenvalue weighted by molar-refractivity contribution is -0.136. The van der Waals surface area contributed by atoms with Crippen molar-refractivity contribution >= 4 is 17.7 Å². The first-order chi connectivity index (χ1) is 11.6. The zero-order valence-corrected chi connectivity index (χ0v) is 14.4. The first-order valence-corrected chi connectivity index (χ1v) is 8.70. The van der Waals surface area contributed by atoms with Gasteiger partial charge < -0.3 is 19.1 Å². The summed E-state index contributed by atoms with van der Waals surface area (Å²) in [5, 5.41) is 17.5. The van der Waals surface area contributed by atoms with Crippen LogP contribution in [0.4, 0.5) is 0 Å². The van der Waals surface area contributed by atoms with E-state index in [9.17, 15) is 4.79 Å². The molecule has 3 rings (SSSR count). The molecule has 0 bridgehead atoms. The molecule has 128 valence electrons. The largest absolute Gasteiger partial charge is 0.490 e. The third-order valence-electron chi connectivity index (χ3n) is 3.67. The van der Waals surface area contributed by atoms with E-state index in [2.05, 4.69) is 10.2 Å². The molecule has 0 fully saturated rings. The summed E-state index contributed by atoms with van der Waals surface area (Å²) in [5.41, 5.74) is 0.864. The van der Waals surface area contributed by atoms with Crippen molar-refractivity contribution in [3.05, 3.63) is 18.2 Å². The highest BCUT2D eigenvalue weighted by Gasteiger charge is 2.20. The van der Waals surface area contributed by atoms with Gasteiger partial charge in [0.25, 0.3) is 0 Å². The van der Waals surface area contributed by atoms with Gasteiger partial charge in [0, 0.05) is 18.5 Å². The summed E-state index contributed by atoms with van der Waals surface area (Å²) in [5.74, 6) is 1.24. The number of rotatable bonds is 5. The molecule has 2 aromatic rings. The molecule has 1 aromatic heterocycles. The summed E-state index contributed by atoms with van der Waals surface area (Å²) in [4.78, 5) is 11.1. The van der Waals surface area contributed by atoms with E-state index in [1.165, 1.54) is 11.8 Å². The quantitative estimate of drug-likeness (QED) is 0.831. The minimum Gasteiger partial charge on any atom is -0.490 e. The van der Waals surface area contributed by atoms with Gasteiger partial charge in [-0.1, -0.05) is 11.8 Å². The molecule has 1 atom stereocenters. The number of hydrogen-bond acceptors (Lipinski definition) is 6. The lowest BCUT2D eigenvalue weighted by Gasteiger charge is -2.11. The maximum Gasteiger partial charge on any atom is 0.316 e. The van der Waals surface area contributed by atoms with Crippen LogP contribution in [0.1, 0.15) is 20.3 Å². The molecule has 1 aliphatic rings. The molecule has 0 saturated carbocycles. The van der Waals surface area contributed by atoms with Crippen molar-refractivity contribution in [3.8, 4) is 22.9 Å². The number of nitrogens with zero attached hydrogens (tertiary/aromatic N) is 3. The first-order valence-electron chi connectivity index (χ1n) is 7.82. The molecular weight excluding hydrogens is 330 g/mol. The Bertz CT molecular complexity index is 747. The predicted molar refractivity (Wildman–Crippen MR) is 89.7 cm³/mol. The van der Waals surface area contributed by atoms with E-state index in [0.717, 1.165) is 17.7 Å². The number of thioether (sulfide) groups is 1. The van der Waals surface area contributed by atoms with Gasteiger partial charge >= 0.3 is 5.97 Å². The minimum atomic E-state index is -0.872. The maximum absolute atomic E-state index is 11.1. The van der Waals surface area contributed by atoms with Crippen LogP contribution in [0.5, 0.6) is 11.5 Å². The van der Waals surface area contributed by atoms with Gasteiger partial charge in [0.05, 0.1) is 13.2 Å². The van der Waals surface area contributed by atoms with Gasteiger partial charge in [-0.3, -0.25) is 4.79 Å². The zero-order valence-electron chi connectivity index (χ0n) is 13.6. The third-order valence-corrected chi connectivity index (χ3v) is 4.74. The van der Waals surface area contributed by atoms with Crippen molar-refractivity contribution in [2.24, 2.45) is 0 Å². The van der Waals surface area contributed by atoms with Crippen LogP contribution in [-0.4, -0.2) is 44.3 Å². The number of carboxylic acid groups (broad SMARTS) is 1. The number of benzene rings is 1. The van der Waals surface area contributed by atoms with Gasteiger partial charge in [-0.05, 0) is 32.0 Å². The molecule has 8 heteroatoms. The lowest BCUT2D eigenvalue weighted by atomic mass is 10.2. The van der Waals surface area contributed by atoms with Crippen molar-refractivity contribution in [3.63, 3.8) is 0 Å². The molecule has 0 saturated heterocycles. The van der Waals surface area contributed by atoms with Crippen molar-refractivity contribution < 1.29 is 19.4 Å². The Morgan fingerprint density at radius 3 is 2.79 bits per heavy atom. The first kappa shape index (κ1) is 16.6. The molecule has 2 heterocycles. The van der Waals surface area contributed by atoms with E-state index in [4.69, 9.17) is 14.6 Å². The normalized spacial score (nSPS) is 14.9. The van der Waals surface area contributed by atoms with Crippen LogP contribution in [0, 0.1) is 0 Å². The summed E-state index contributed by atoms with van der Waals surface area (Å²) in [6, 6.07) is 5.68. The zero-order chi connectivity index (χ0) is 17.1. The van der Waals surface area contributed by atoms with Gasteiger partial charge in [-0.25, -0.2) is 0 Å². The minimum absolute atomic E-state index is 0.587. The Hall–Kier alpha value is -2.22. The van der Waals surface area contributed by atoms with E-state index < -0.39 is 11.2 Å². The number of carboxylic acids is 1. The van der Waals surface area contributed by atoms with Crippen LogP contribution in [0.3, 0.4) is 0 Å². The molecule has 1 unspecified atom stereocenters. The standard InChI is InChI=1S/C16H19N3O4S/c1-3-19-14(17-18-16(19)24-10(2)15(20)21)11-5-6-12-13(9-11)23-8-4-7-22-12/h5-6,9-10H,3-4,7-8H2,1-2H3,(H,20,21). The second kappa shape index (κ2) is 7.12. The monoisotopic (exact) mass is 349 g/mol.